The van der Waals surface area contributed by atoms with Crippen molar-refractivity contribution in [1.29, 1.82) is 0 Å². The van der Waals surface area contributed by atoms with Crippen LogP contribution in [0.4, 0.5) is 17.6 Å². The summed E-state index contributed by atoms with van der Waals surface area (Å²) in [5.74, 6) is -3.63. The average molecular weight is 241 g/mol. The molecule has 0 N–H and O–H groups in total. The molecular weight excluding hydrogens is 241 g/mol. The molecule has 0 saturated carbocycles. The molecule has 0 aliphatic carbocycles. The van der Waals surface area contributed by atoms with Gasteiger partial charge in [-0.05, 0) is 9.91 Å². The molecule has 0 amide bonds. The van der Waals surface area contributed by atoms with E-state index in [0.717, 1.165) is 0 Å². The van der Waals surface area contributed by atoms with Gasteiger partial charge in [0.05, 0.1) is 0 Å². The van der Waals surface area contributed by atoms with Gasteiger partial charge in [0.25, 0.3) is 0 Å². The van der Waals surface area contributed by atoms with E-state index in [-0.39, 0.29) is 51.4 Å². The number of rotatable bonds is 3. The second-order valence-electron chi connectivity index (χ2n) is 1.94. The van der Waals surface area contributed by atoms with E-state index in [4.69, 9.17) is 0 Å². The zero-order valence-electron chi connectivity index (χ0n) is 7.19. The van der Waals surface area contributed by atoms with Crippen LogP contribution in [0.25, 0.3) is 0 Å². The van der Waals surface area contributed by atoms with Gasteiger partial charge >= 0.3 is 69.0 Å². The van der Waals surface area contributed by atoms with Gasteiger partial charge in [0, 0.05) is 0 Å². The third kappa shape index (κ3) is 3.00. The van der Waals surface area contributed by atoms with Crippen molar-refractivity contribution >= 4 is 17.6 Å². The van der Waals surface area contributed by atoms with Crippen molar-refractivity contribution in [3.63, 3.8) is 0 Å². The molecule has 1 aromatic rings. The molecule has 0 spiro atoms. The first kappa shape index (κ1) is 14.0. The van der Waals surface area contributed by atoms with Gasteiger partial charge < -0.3 is 30.3 Å². The number of hydrogen-bond donors (Lipinski definition) is 0. The molecule has 0 radical (unpaired) electrons. The Kier molecular flexibility index (Phi) is 4.89. The van der Waals surface area contributed by atoms with Crippen molar-refractivity contribution in [3.8, 4) is 0 Å². The largest absolute Gasteiger partial charge is 1.00 e. The summed E-state index contributed by atoms with van der Waals surface area (Å²) in [4.78, 5) is 32.3. The smallest absolute Gasteiger partial charge is 0.409 e. The van der Waals surface area contributed by atoms with Gasteiger partial charge in [-0.2, -0.15) is 0 Å². The second-order valence-corrected chi connectivity index (χ2v) is 1.94. The average Bonchev–Trinajstić information content (AvgIpc) is 2.47. The molecule has 0 atom stereocenters. The van der Waals surface area contributed by atoms with Crippen molar-refractivity contribution in [1.82, 2.24) is 9.97 Å². The van der Waals surface area contributed by atoms with Crippen LogP contribution in [0, 0.1) is 30.3 Å². The minimum absolute atomic E-state index is 0. The first-order valence-electron chi connectivity index (χ1n) is 2.91. The summed E-state index contributed by atoms with van der Waals surface area (Å²) in [5.41, 5.74) is 0. The van der Waals surface area contributed by atoms with E-state index in [1.807, 2.05) is 0 Å². The SMILES string of the molecule is O=[N+]([O-])c1nc([N+](=O)[O-])c([N+](=O)[O-])[n-]1.[K+]. The molecule has 0 unspecified atom stereocenters. The van der Waals surface area contributed by atoms with E-state index in [1.165, 1.54) is 0 Å². The molecule has 11 nitrogen and oxygen atoms in total. The van der Waals surface area contributed by atoms with Crippen molar-refractivity contribution in [2.45, 2.75) is 0 Å². The van der Waals surface area contributed by atoms with Gasteiger partial charge in [0.2, 0.25) is 0 Å². The first-order valence-corrected chi connectivity index (χ1v) is 2.91. The Morgan fingerprint density at radius 2 is 1.53 bits per heavy atom. The third-order valence-corrected chi connectivity index (χ3v) is 1.12. The van der Waals surface area contributed by atoms with Gasteiger partial charge in [-0.15, -0.1) is 0 Å². The monoisotopic (exact) mass is 241 g/mol. The second kappa shape index (κ2) is 5.22. The molecule has 74 valence electrons. The van der Waals surface area contributed by atoms with Gasteiger partial charge in [0.15, 0.2) is 0 Å². The van der Waals surface area contributed by atoms with Crippen LogP contribution < -0.4 is 56.4 Å². The fourth-order valence-electron chi connectivity index (χ4n) is 0.641. The normalized spacial score (nSPS) is 9.07. The Bertz CT molecular complexity index is 395. The summed E-state index contributed by atoms with van der Waals surface area (Å²) in [5, 5.41) is 30.3. The van der Waals surface area contributed by atoms with Gasteiger partial charge in [-0.1, -0.05) is 14.8 Å². The minimum atomic E-state index is -1.23. The van der Waals surface area contributed by atoms with Crippen LogP contribution in [0.15, 0.2) is 0 Å². The molecule has 12 heteroatoms. The van der Waals surface area contributed by atoms with Crippen LogP contribution >= 0.6 is 0 Å². The van der Waals surface area contributed by atoms with Crippen molar-refractivity contribution in [2.24, 2.45) is 0 Å². The maximum atomic E-state index is 10.1. The summed E-state index contributed by atoms with van der Waals surface area (Å²) in [6, 6.07) is 0. The number of nitro groups is 3. The number of imidazole rings is 1. The maximum Gasteiger partial charge on any atom is 1.00 e. The van der Waals surface area contributed by atoms with Crippen LogP contribution in [0.5, 0.6) is 0 Å². The van der Waals surface area contributed by atoms with Crippen LogP contribution in [0.1, 0.15) is 0 Å². The minimum Gasteiger partial charge on any atom is -0.409 e. The van der Waals surface area contributed by atoms with Crippen LogP contribution in [-0.4, -0.2) is 19.8 Å². The van der Waals surface area contributed by atoms with Crippen LogP contribution in [-0.2, 0) is 0 Å². The predicted molar refractivity (Wildman–Crippen MR) is 37.5 cm³/mol. The van der Waals surface area contributed by atoms with E-state index < -0.39 is 32.4 Å². The Hall–Kier alpha value is -0.954. The number of nitrogens with zero attached hydrogens (tertiary/aromatic N) is 5. The molecule has 0 aliphatic rings. The van der Waals surface area contributed by atoms with Crippen LogP contribution in [0.3, 0.4) is 0 Å². The van der Waals surface area contributed by atoms with Crippen molar-refractivity contribution in [3.05, 3.63) is 30.3 Å². The Morgan fingerprint density at radius 3 is 1.80 bits per heavy atom. The summed E-state index contributed by atoms with van der Waals surface area (Å²) in [7, 11) is 0. The number of hydrogen-bond acceptors (Lipinski definition) is 7. The fraction of sp³-hybridized carbons (Fsp3) is 0. The quantitative estimate of drug-likeness (QED) is 0.303. The zero-order valence-corrected chi connectivity index (χ0v) is 10.3. The van der Waals surface area contributed by atoms with Gasteiger partial charge in [-0.3, -0.25) is 0 Å². The Morgan fingerprint density at radius 1 is 1.00 bits per heavy atom. The topological polar surface area (TPSA) is 156 Å². The van der Waals surface area contributed by atoms with Crippen molar-refractivity contribution in [2.75, 3.05) is 0 Å². The zero-order chi connectivity index (χ0) is 10.9. The Balaban J connectivity index is 0.00000196. The molecule has 0 fully saturated rings. The molecule has 0 aliphatic heterocycles. The van der Waals surface area contributed by atoms with E-state index >= 15 is 0 Å². The molecular formula is C3KN5O6. The van der Waals surface area contributed by atoms with E-state index in [2.05, 4.69) is 9.97 Å². The van der Waals surface area contributed by atoms with E-state index in [0.29, 0.717) is 0 Å². The summed E-state index contributed by atoms with van der Waals surface area (Å²) in [6.07, 6.45) is 0. The number of aromatic nitrogens is 2. The Labute approximate surface area is 123 Å². The summed E-state index contributed by atoms with van der Waals surface area (Å²) < 4.78 is 0. The maximum absolute atomic E-state index is 10.1. The molecule has 15 heavy (non-hydrogen) atoms. The predicted octanol–water partition coefficient (Wildman–Crippen LogP) is -3.23. The van der Waals surface area contributed by atoms with Gasteiger partial charge in [0.1, 0.15) is 0 Å². The van der Waals surface area contributed by atoms with Crippen LogP contribution in [0.2, 0.25) is 0 Å². The van der Waals surface area contributed by atoms with Crippen molar-refractivity contribution < 1.29 is 66.2 Å². The van der Waals surface area contributed by atoms with Gasteiger partial charge in [-0.25, -0.2) is 0 Å². The molecule has 0 aromatic carbocycles. The fourth-order valence-corrected chi connectivity index (χ4v) is 0.641. The molecule has 0 bridgehead atoms. The first-order chi connectivity index (χ1) is 6.43. The summed E-state index contributed by atoms with van der Waals surface area (Å²) in [6.45, 7) is 0. The molecule has 1 heterocycles. The molecule has 0 saturated heterocycles. The molecule has 1 rings (SSSR count). The standard InChI is InChI=1S/C3N5O6.K/c9-6(10)1-2(7(11)12)5-3(4-1)8(13)14;/q-1;+1. The summed E-state index contributed by atoms with van der Waals surface area (Å²) >= 11 is 0. The van der Waals surface area contributed by atoms with E-state index in [1.54, 1.807) is 0 Å². The molecule has 1 aromatic heterocycles. The van der Waals surface area contributed by atoms with E-state index in [9.17, 15) is 30.3 Å². The third-order valence-electron chi connectivity index (χ3n) is 1.12.